The van der Waals surface area contributed by atoms with E-state index in [0.29, 0.717) is 43.5 Å². The number of sulfonamides is 1. The van der Waals surface area contributed by atoms with E-state index in [9.17, 15) is 18.0 Å². The molecule has 0 bridgehead atoms. The lowest BCUT2D eigenvalue weighted by atomic mass is 9.98. The van der Waals surface area contributed by atoms with E-state index in [0.717, 1.165) is 5.56 Å². The Balaban J connectivity index is 1.53. The van der Waals surface area contributed by atoms with Gasteiger partial charge in [-0.2, -0.15) is 0 Å². The summed E-state index contributed by atoms with van der Waals surface area (Å²) in [7, 11) is -2.10. The average molecular weight is 445 g/mol. The van der Waals surface area contributed by atoms with E-state index >= 15 is 0 Å². The molecule has 3 rings (SSSR count). The van der Waals surface area contributed by atoms with Crippen molar-refractivity contribution in [2.24, 2.45) is 5.92 Å². The van der Waals surface area contributed by atoms with Gasteiger partial charge >= 0.3 is 5.97 Å². The minimum atomic E-state index is -3.41. The average Bonchev–Trinajstić information content (AvgIpc) is 2.79. The molecule has 1 aliphatic rings. The van der Waals surface area contributed by atoms with Crippen molar-refractivity contribution in [2.45, 2.75) is 25.7 Å². The second-order valence-corrected chi connectivity index (χ2v) is 9.75. The lowest BCUT2D eigenvalue weighted by Gasteiger charge is -2.31. The number of methoxy groups -OCH3 is 1. The number of aryl methyl sites for hydroxylation is 1. The van der Waals surface area contributed by atoms with Crippen LogP contribution in [0.3, 0.4) is 0 Å². The Labute approximate surface area is 183 Å². The predicted octanol–water partition coefficient (Wildman–Crippen LogP) is 3.09. The van der Waals surface area contributed by atoms with E-state index < -0.39 is 21.9 Å². The van der Waals surface area contributed by atoms with Crippen molar-refractivity contribution in [3.63, 3.8) is 0 Å². The molecule has 1 saturated heterocycles. The molecule has 0 radical (unpaired) electrons. The van der Waals surface area contributed by atoms with Gasteiger partial charge in [0.15, 0.2) is 0 Å². The van der Waals surface area contributed by atoms with Gasteiger partial charge in [0.1, 0.15) is 0 Å². The quantitative estimate of drug-likeness (QED) is 0.632. The van der Waals surface area contributed by atoms with Crippen molar-refractivity contribution in [1.29, 1.82) is 0 Å². The molecule has 0 saturated carbocycles. The molecule has 8 heteroatoms. The smallest absolute Gasteiger partial charge is 0.337 e. The van der Waals surface area contributed by atoms with Crippen LogP contribution in [-0.2, 0) is 26.0 Å². The molecule has 1 N–H and O–H groups in total. The van der Waals surface area contributed by atoms with Gasteiger partial charge in [-0.15, -0.1) is 0 Å². The first-order valence-corrected chi connectivity index (χ1v) is 12.0. The lowest BCUT2D eigenvalue weighted by molar-refractivity contribution is -0.120. The number of anilines is 1. The third-order valence-electron chi connectivity index (χ3n) is 5.43. The van der Waals surface area contributed by atoms with Crippen LogP contribution >= 0.6 is 0 Å². The Bertz CT molecular complexity index is 990. The molecule has 0 spiro atoms. The molecule has 0 aliphatic carbocycles. The molecule has 166 valence electrons. The summed E-state index contributed by atoms with van der Waals surface area (Å²) in [6, 6.07) is 16.2. The lowest BCUT2D eigenvalue weighted by Crippen LogP contribution is -2.44. The van der Waals surface area contributed by atoms with Crippen LogP contribution in [0, 0.1) is 5.92 Å². The van der Waals surface area contributed by atoms with Crippen LogP contribution in [0.1, 0.15) is 35.2 Å². The molecule has 2 aromatic rings. The summed E-state index contributed by atoms with van der Waals surface area (Å²) in [5.41, 5.74) is 2.07. The standard InChI is InChI=1S/C23H28N2O5S/c1-30-23(27)19-11-13-21(14-12-19)24-22(26)20-10-5-15-25(17-20)31(28,29)16-6-9-18-7-3-2-4-8-18/h2-4,7-8,11-14,20H,5-6,9-10,15-17H2,1H3,(H,24,26)/t20-/m0/s1. The van der Waals surface area contributed by atoms with E-state index in [-0.39, 0.29) is 18.2 Å². The number of benzene rings is 2. The number of rotatable bonds is 8. The molecule has 1 atom stereocenters. The maximum Gasteiger partial charge on any atom is 0.337 e. The Morgan fingerprint density at radius 2 is 1.81 bits per heavy atom. The zero-order valence-electron chi connectivity index (χ0n) is 17.6. The second kappa shape index (κ2) is 10.5. The van der Waals surface area contributed by atoms with Gasteiger partial charge in [0, 0.05) is 18.8 Å². The van der Waals surface area contributed by atoms with Crippen LogP contribution in [-0.4, -0.2) is 50.6 Å². The maximum atomic E-state index is 12.8. The van der Waals surface area contributed by atoms with Crippen molar-refractivity contribution in [2.75, 3.05) is 31.3 Å². The summed E-state index contributed by atoms with van der Waals surface area (Å²) in [4.78, 5) is 24.2. The van der Waals surface area contributed by atoms with E-state index in [1.165, 1.54) is 11.4 Å². The fourth-order valence-electron chi connectivity index (χ4n) is 3.69. The van der Waals surface area contributed by atoms with E-state index in [1.807, 2.05) is 30.3 Å². The highest BCUT2D eigenvalue weighted by Crippen LogP contribution is 2.22. The van der Waals surface area contributed by atoms with Crippen LogP contribution in [0.5, 0.6) is 0 Å². The van der Waals surface area contributed by atoms with Gasteiger partial charge in [-0.25, -0.2) is 17.5 Å². The molecular formula is C23H28N2O5S. The number of esters is 1. The van der Waals surface area contributed by atoms with Crippen molar-refractivity contribution < 1.29 is 22.7 Å². The second-order valence-electron chi connectivity index (χ2n) is 7.66. The van der Waals surface area contributed by atoms with Crippen molar-refractivity contribution in [1.82, 2.24) is 4.31 Å². The number of nitrogens with one attached hydrogen (secondary N) is 1. The summed E-state index contributed by atoms with van der Waals surface area (Å²) in [6.07, 6.45) is 2.55. The normalized spacial score (nSPS) is 17.1. The van der Waals surface area contributed by atoms with Crippen molar-refractivity contribution in [3.05, 3.63) is 65.7 Å². The largest absolute Gasteiger partial charge is 0.465 e. The Kier molecular flexibility index (Phi) is 7.81. The number of nitrogens with zero attached hydrogens (tertiary/aromatic N) is 1. The van der Waals surface area contributed by atoms with Gasteiger partial charge in [-0.3, -0.25) is 4.79 Å². The van der Waals surface area contributed by atoms with E-state index in [1.54, 1.807) is 24.3 Å². The minimum Gasteiger partial charge on any atom is -0.465 e. The predicted molar refractivity (Wildman–Crippen MR) is 119 cm³/mol. The number of carbonyl (C=O) groups excluding carboxylic acids is 2. The van der Waals surface area contributed by atoms with Crippen LogP contribution < -0.4 is 5.32 Å². The highest BCUT2D eigenvalue weighted by Gasteiger charge is 2.32. The SMILES string of the molecule is COC(=O)c1ccc(NC(=O)[C@H]2CCCN(S(=O)(=O)CCCc3ccccc3)C2)cc1. The Hall–Kier alpha value is -2.71. The molecule has 1 heterocycles. The molecule has 2 aromatic carbocycles. The molecule has 0 unspecified atom stereocenters. The van der Waals surface area contributed by atoms with Gasteiger partial charge in [-0.05, 0) is 55.5 Å². The van der Waals surface area contributed by atoms with Gasteiger partial charge in [0.25, 0.3) is 0 Å². The van der Waals surface area contributed by atoms with Crippen LogP contribution in [0.2, 0.25) is 0 Å². The van der Waals surface area contributed by atoms with Crippen LogP contribution in [0.4, 0.5) is 5.69 Å². The van der Waals surface area contributed by atoms with Crippen molar-refractivity contribution >= 4 is 27.6 Å². The van der Waals surface area contributed by atoms with E-state index in [2.05, 4.69) is 10.1 Å². The molecule has 1 fully saturated rings. The number of carbonyl (C=O) groups is 2. The van der Waals surface area contributed by atoms with Crippen LogP contribution in [0.15, 0.2) is 54.6 Å². The van der Waals surface area contributed by atoms with Gasteiger partial charge in [0.05, 0.1) is 24.3 Å². The summed E-state index contributed by atoms with van der Waals surface area (Å²) in [5.74, 6) is -0.989. The number of ether oxygens (including phenoxy) is 1. The van der Waals surface area contributed by atoms with Crippen LogP contribution in [0.25, 0.3) is 0 Å². The zero-order chi connectivity index (χ0) is 22.3. The van der Waals surface area contributed by atoms with Crippen molar-refractivity contribution in [3.8, 4) is 0 Å². The minimum absolute atomic E-state index is 0.0746. The molecule has 1 amide bonds. The Morgan fingerprint density at radius 3 is 2.48 bits per heavy atom. The highest BCUT2D eigenvalue weighted by atomic mass is 32.2. The molecule has 1 aliphatic heterocycles. The Morgan fingerprint density at radius 1 is 1.10 bits per heavy atom. The van der Waals surface area contributed by atoms with Gasteiger partial charge in [0.2, 0.25) is 15.9 Å². The summed E-state index contributed by atoms with van der Waals surface area (Å²) in [5, 5.41) is 2.82. The third-order valence-corrected chi connectivity index (χ3v) is 7.36. The summed E-state index contributed by atoms with van der Waals surface area (Å²) < 4.78 is 31.7. The third kappa shape index (κ3) is 6.38. The first-order chi connectivity index (χ1) is 14.9. The maximum absolute atomic E-state index is 12.8. The van der Waals surface area contributed by atoms with Gasteiger partial charge in [-0.1, -0.05) is 30.3 Å². The number of amides is 1. The number of hydrogen-bond donors (Lipinski definition) is 1. The summed E-state index contributed by atoms with van der Waals surface area (Å²) >= 11 is 0. The fourth-order valence-corrected chi connectivity index (χ4v) is 5.28. The number of hydrogen-bond acceptors (Lipinski definition) is 5. The zero-order valence-corrected chi connectivity index (χ0v) is 18.4. The molecule has 0 aromatic heterocycles. The summed E-state index contributed by atoms with van der Waals surface area (Å²) in [6.45, 7) is 0.644. The first kappa shape index (κ1) is 23.0. The highest BCUT2D eigenvalue weighted by molar-refractivity contribution is 7.89. The molecular weight excluding hydrogens is 416 g/mol. The number of piperidine rings is 1. The fraction of sp³-hybridized carbons (Fsp3) is 0.391. The monoisotopic (exact) mass is 444 g/mol. The first-order valence-electron chi connectivity index (χ1n) is 10.4. The van der Waals surface area contributed by atoms with E-state index in [4.69, 9.17) is 0 Å². The van der Waals surface area contributed by atoms with Gasteiger partial charge < -0.3 is 10.1 Å². The topological polar surface area (TPSA) is 92.8 Å². The molecule has 31 heavy (non-hydrogen) atoms. The molecule has 7 nitrogen and oxygen atoms in total.